The number of anilines is 1. The molecule has 3 aromatic rings. The molecule has 0 saturated heterocycles. The van der Waals surface area contributed by atoms with Crippen LogP contribution in [-0.4, -0.2) is 16.1 Å². The Balaban J connectivity index is 1.45. The maximum atomic E-state index is 12.7. The molecule has 1 atom stereocenters. The van der Waals surface area contributed by atoms with Gasteiger partial charge in [-0.15, -0.1) is 10.2 Å². The summed E-state index contributed by atoms with van der Waals surface area (Å²) in [7, 11) is 0. The number of fused-ring (bicyclic) bond motifs is 1. The monoisotopic (exact) mass is 367 g/mol. The largest absolute Gasteiger partial charge is 0.326 e. The number of benzene rings is 2. The zero-order chi connectivity index (χ0) is 17.1. The van der Waals surface area contributed by atoms with Crippen molar-refractivity contribution in [2.24, 2.45) is 0 Å². The third-order valence-electron chi connectivity index (χ3n) is 4.35. The van der Waals surface area contributed by atoms with E-state index in [4.69, 9.17) is 0 Å². The number of aryl methyl sites for hydroxylation is 1. The molecule has 0 aliphatic heterocycles. The first-order valence-corrected chi connectivity index (χ1v) is 9.92. The smallest absolute Gasteiger partial charge is 0.231 e. The van der Waals surface area contributed by atoms with E-state index in [1.54, 1.807) is 17.3 Å². The number of nitrogens with zero attached hydrogens (tertiary/aromatic N) is 2. The highest BCUT2D eigenvalue weighted by Crippen LogP contribution is 2.33. The summed E-state index contributed by atoms with van der Waals surface area (Å²) in [6, 6.07) is 16.2. The van der Waals surface area contributed by atoms with Crippen LogP contribution in [0.15, 0.2) is 63.3 Å². The van der Waals surface area contributed by atoms with Gasteiger partial charge in [-0.05, 0) is 54.7 Å². The van der Waals surface area contributed by atoms with Crippen molar-refractivity contribution in [2.45, 2.75) is 34.4 Å². The fourth-order valence-corrected chi connectivity index (χ4v) is 4.62. The maximum absolute atomic E-state index is 12.7. The van der Waals surface area contributed by atoms with Gasteiger partial charge in [-0.1, -0.05) is 47.4 Å². The predicted molar refractivity (Wildman–Crippen MR) is 101 cm³/mol. The lowest BCUT2D eigenvalue weighted by Crippen LogP contribution is -2.24. The molecule has 1 unspecified atom stereocenters. The van der Waals surface area contributed by atoms with Gasteiger partial charge in [-0.3, -0.25) is 4.79 Å². The zero-order valence-electron chi connectivity index (χ0n) is 13.5. The van der Waals surface area contributed by atoms with Gasteiger partial charge < -0.3 is 5.32 Å². The van der Waals surface area contributed by atoms with E-state index in [2.05, 4.69) is 27.6 Å². The van der Waals surface area contributed by atoms with Gasteiger partial charge in [-0.25, -0.2) is 0 Å². The van der Waals surface area contributed by atoms with Crippen LogP contribution in [0.4, 0.5) is 5.69 Å². The summed E-state index contributed by atoms with van der Waals surface area (Å²) in [5, 5.41) is 10.9. The maximum Gasteiger partial charge on any atom is 0.231 e. The van der Waals surface area contributed by atoms with Gasteiger partial charge >= 0.3 is 0 Å². The SMILES string of the molecule is O=C(Nc1ccc(Sc2nncs2)cc1)C1CCCc2ccccc21. The lowest BCUT2D eigenvalue weighted by molar-refractivity contribution is -0.117. The fraction of sp³-hybridized carbons (Fsp3) is 0.211. The van der Waals surface area contributed by atoms with E-state index < -0.39 is 0 Å². The lowest BCUT2D eigenvalue weighted by Gasteiger charge is -2.24. The highest BCUT2D eigenvalue weighted by Gasteiger charge is 2.26. The normalized spacial score (nSPS) is 16.2. The molecular weight excluding hydrogens is 350 g/mol. The summed E-state index contributed by atoms with van der Waals surface area (Å²) in [6.07, 6.45) is 3.04. The molecule has 0 radical (unpaired) electrons. The van der Waals surface area contributed by atoms with Crippen LogP contribution in [-0.2, 0) is 11.2 Å². The number of nitrogens with one attached hydrogen (secondary N) is 1. The van der Waals surface area contributed by atoms with E-state index in [1.165, 1.54) is 22.5 Å². The Labute approximate surface area is 154 Å². The molecule has 0 spiro atoms. The summed E-state index contributed by atoms with van der Waals surface area (Å²) in [4.78, 5) is 13.8. The molecule has 0 saturated carbocycles. The van der Waals surface area contributed by atoms with Gasteiger partial charge in [0.05, 0.1) is 5.92 Å². The second-order valence-electron chi connectivity index (χ2n) is 5.96. The third-order valence-corrected chi connectivity index (χ3v) is 6.14. The van der Waals surface area contributed by atoms with E-state index >= 15 is 0 Å². The molecule has 0 bridgehead atoms. The van der Waals surface area contributed by atoms with Gasteiger partial charge in [0.1, 0.15) is 5.51 Å². The molecule has 1 aromatic heterocycles. The molecule has 1 N–H and O–H groups in total. The van der Waals surface area contributed by atoms with Crippen molar-refractivity contribution in [3.8, 4) is 0 Å². The van der Waals surface area contributed by atoms with Crippen molar-refractivity contribution in [1.82, 2.24) is 10.2 Å². The van der Waals surface area contributed by atoms with Crippen molar-refractivity contribution < 1.29 is 4.79 Å². The molecule has 1 aliphatic carbocycles. The number of hydrogen-bond acceptors (Lipinski definition) is 5. The number of rotatable bonds is 4. The van der Waals surface area contributed by atoms with E-state index in [1.807, 2.05) is 36.4 Å². The number of amides is 1. The van der Waals surface area contributed by atoms with Crippen LogP contribution in [0.25, 0.3) is 0 Å². The molecule has 25 heavy (non-hydrogen) atoms. The van der Waals surface area contributed by atoms with E-state index in [0.717, 1.165) is 34.2 Å². The Bertz CT molecular complexity index is 863. The summed E-state index contributed by atoms with van der Waals surface area (Å²) in [5.41, 5.74) is 5.03. The van der Waals surface area contributed by atoms with Gasteiger partial charge in [-0.2, -0.15) is 0 Å². The van der Waals surface area contributed by atoms with Crippen molar-refractivity contribution in [3.63, 3.8) is 0 Å². The quantitative estimate of drug-likeness (QED) is 0.723. The minimum absolute atomic E-state index is 0.0552. The molecular formula is C19H17N3OS2. The molecule has 0 fully saturated rings. The van der Waals surface area contributed by atoms with E-state index in [9.17, 15) is 4.79 Å². The van der Waals surface area contributed by atoms with Crippen molar-refractivity contribution >= 4 is 34.7 Å². The molecule has 1 amide bonds. The van der Waals surface area contributed by atoms with Gasteiger partial charge in [0.15, 0.2) is 4.34 Å². The minimum atomic E-state index is -0.0552. The van der Waals surface area contributed by atoms with E-state index in [-0.39, 0.29) is 11.8 Å². The molecule has 4 rings (SSSR count). The van der Waals surface area contributed by atoms with E-state index in [0.29, 0.717) is 0 Å². The second kappa shape index (κ2) is 7.37. The predicted octanol–water partition coefficient (Wildman–Crippen LogP) is 4.75. The van der Waals surface area contributed by atoms with Gasteiger partial charge in [0.2, 0.25) is 5.91 Å². The van der Waals surface area contributed by atoms with Crippen LogP contribution in [0.5, 0.6) is 0 Å². The highest BCUT2D eigenvalue weighted by atomic mass is 32.2. The Morgan fingerprint density at radius 1 is 1.16 bits per heavy atom. The van der Waals surface area contributed by atoms with Gasteiger partial charge in [0.25, 0.3) is 0 Å². The lowest BCUT2D eigenvalue weighted by atomic mass is 9.82. The third kappa shape index (κ3) is 3.75. The fourth-order valence-electron chi connectivity index (χ4n) is 3.17. The molecule has 6 heteroatoms. The first-order valence-electron chi connectivity index (χ1n) is 8.22. The molecule has 1 aliphatic rings. The number of hydrogen-bond donors (Lipinski definition) is 1. The number of carbonyl (C=O) groups excluding carboxylic acids is 1. The van der Waals surface area contributed by atoms with Crippen LogP contribution in [0.1, 0.15) is 29.9 Å². The van der Waals surface area contributed by atoms with Crippen molar-refractivity contribution in [3.05, 3.63) is 65.2 Å². The Hall–Kier alpha value is -2.18. The first-order chi connectivity index (χ1) is 12.3. The molecule has 1 heterocycles. The van der Waals surface area contributed by atoms with Crippen LogP contribution >= 0.6 is 23.1 Å². The highest BCUT2D eigenvalue weighted by molar-refractivity contribution is 8.01. The summed E-state index contributed by atoms with van der Waals surface area (Å²) in [5.74, 6) is 0.0251. The van der Waals surface area contributed by atoms with Crippen molar-refractivity contribution in [2.75, 3.05) is 5.32 Å². The average Bonchev–Trinajstić information content (AvgIpc) is 3.16. The molecule has 2 aromatic carbocycles. The second-order valence-corrected chi connectivity index (χ2v) is 8.12. The minimum Gasteiger partial charge on any atom is -0.326 e. The summed E-state index contributed by atoms with van der Waals surface area (Å²) in [6.45, 7) is 0. The molecule has 4 nitrogen and oxygen atoms in total. The Kier molecular flexibility index (Phi) is 4.81. The standard InChI is InChI=1S/C19H17N3OS2/c23-18(17-7-3-5-13-4-1-2-6-16(13)17)21-14-8-10-15(11-9-14)25-19-22-20-12-24-19/h1-2,4,6,8-12,17H,3,5,7H2,(H,21,23). The van der Waals surface area contributed by atoms with Crippen LogP contribution in [0.2, 0.25) is 0 Å². The van der Waals surface area contributed by atoms with Crippen LogP contribution in [0.3, 0.4) is 0 Å². The van der Waals surface area contributed by atoms with Gasteiger partial charge in [0, 0.05) is 10.6 Å². The average molecular weight is 367 g/mol. The van der Waals surface area contributed by atoms with Crippen molar-refractivity contribution in [1.29, 1.82) is 0 Å². The first kappa shape index (κ1) is 16.3. The summed E-state index contributed by atoms with van der Waals surface area (Å²) < 4.78 is 0.913. The summed E-state index contributed by atoms with van der Waals surface area (Å²) >= 11 is 3.09. The topological polar surface area (TPSA) is 54.9 Å². The Morgan fingerprint density at radius 2 is 2.00 bits per heavy atom. The zero-order valence-corrected chi connectivity index (χ0v) is 15.1. The molecule has 126 valence electrons. The number of aromatic nitrogens is 2. The number of carbonyl (C=O) groups is 1. The van der Waals surface area contributed by atoms with Crippen LogP contribution in [0, 0.1) is 0 Å². The van der Waals surface area contributed by atoms with Crippen LogP contribution < -0.4 is 5.32 Å². The Morgan fingerprint density at radius 3 is 2.80 bits per heavy atom.